The Labute approximate surface area is 115 Å². The first-order chi connectivity index (χ1) is 9.24. The average Bonchev–Trinajstić information content (AvgIpc) is 2.42. The molecule has 0 aliphatic rings. The largest absolute Gasteiger partial charge is 0.457 e. The highest BCUT2D eigenvalue weighted by Gasteiger charge is 1.98. The Morgan fingerprint density at radius 3 is 2.11 bits per heavy atom. The Bertz CT molecular complexity index is 476. The number of hydrogen-bond donors (Lipinski definition) is 0. The molecule has 2 nitrogen and oxygen atoms in total. The summed E-state index contributed by atoms with van der Waals surface area (Å²) < 4.78 is 5.77. The zero-order chi connectivity index (χ0) is 13.5. The molecular weight excluding hydrogens is 234 g/mol. The van der Waals surface area contributed by atoms with Gasteiger partial charge in [0.1, 0.15) is 11.5 Å². The summed E-state index contributed by atoms with van der Waals surface area (Å²) in [5, 5.41) is 0. The Kier molecular flexibility index (Phi) is 4.99. The third-order valence-electron chi connectivity index (χ3n) is 2.97. The number of hydrogen-bond acceptors (Lipinski definition) is 2. The molecule has 0 aliphatic heterocycles. The lowest BCUT2D eigenvalue weighted by Gasteiger charge is -2.09. The summed E-state index contributed by atoms with van der Waals surface area (Å²) in [7, 11) is 4.22. The lowest BCUT2D eigenvalue weighted by Crippen LogP contribution is -2.13. The van der Waals surface area contributed by atoms with E-state index in [0.29, 0.717) is 0 Å². The van der Waals surface area contributed by atoms with Crippen LogP contribution < -0.4 is 4.74 Å². The maximum atomic E-state index is 5.77. The first kappa shape index (κ1) is 13.6. The molecule has 0 saturated carbocycles. The summed E-state index contributed by atoms with van der Waals surface area (Å²) in [6.45, 7) is 1.13. The van der Waals surface area contributed by atoms with E-state index in [1.165, 1.54) is 12.0 Å². The van der Waals surface area contributed by atoms with Gasteiger partial charge in [0.05, 0.1) is 0 Å². The van der Waals surface area contributed by atoms with Gasteiger partial charge in [-0.1, -0.05) is 30.3 Å². The lowest BCUT2D eigenvalue weighted by molar-refractivity contribution is 0.400. The summed E-state index contributed by atoms with van der Waals surface area (Å²) >= 11 is 0. The number of nitrogens with zero attached hydrogens (tertiary/aromatic N) is 1. The van der Waals surface area contributed by atoms with Crippen molar-refractivity contribution in [1.82, 2.24) is 4.90 Å². The number of ether oxygens (including phenoxy) is 1. The molecule has 0 spiro atoms. The second-order valence-electron chi connectivity index (χ2n) is 4.97. The van der Waals surface area contributed by atoms with Gasteiger partial charge < -0.3 is 9.64 Å². The summed E-state index contributed by atoms with van der Waals surface area (Å²) in [6, 6.07) is 18.2. The highest BCUT2D eigenvalue weighted by Crippen LogP contribution is 2.21. The van der Waals surface area contributed by atoms with Gasteiger partial charge in [0, 0.05) is 0 Å². The van der Waals surface area contributed by atoms with Crippen LogP contribution in [0.3, 0.4) is 0 Å². The van der Waals surface area contributed by atoms with Crippen LogP contribution in [0.15, 0.2) is 54.6 Å². The SMILES string of the molecule is CN(C)CCCc1ccc(Oc2ccccc2)cc1. The summed E-state index contributed by atoms with van der Waals surface area (Å²) in [5.41, 5.74) is 1.36. The summed E-state index contributed by atoms with van der Waals surface area (Å²) in [5.74, 6) is 1.77. The molecule has 2 heteroatoms. The van der Waals surface area contributed by atoms with Crippen molar-refractivity contribution in [3.05, 3.63) is 60.2 Å². The van der Waals surface area contributed by atoms with Gasteiger partial charge in [0.15, 0.2) is 0 Å². The molecule has 0 radical (unpaired) electrons. The van der Waals surface area contributed by atoms with Gasteiger partial charge in [0.2, 0.25) is 0 Å². The molecule has 100 valence electrons. The number of para-hydroxylation sites is 1. The van der Waals surface area contributed by atoms with Crippen LogP contribution >= 0.6 is 0 Å². The summed E-state index contributed by atoms with van der Waals surface area (Å²) in [6.07, 6.45) is 2.30. The molecule has 0 amide bonds. The number of aryl methyl sites for hydroxylation is 1. The zero-order valence-electron chi connectivity index (χ0n) is 11.7. The van der Waals surface area contributed by atoms with E-state index in [1.807, 2.05) is 42.5 Å². The van der Waals surface area contributed by atoms with Crippen LogP contribution in [0.25, 0.3) is 0 Å². The van der Waals surface area contributed by atoms with Crippen LogP contribution in [-0.2, 0) is 6.42 Å². The minimum atomic E-state index is 0.878. The topological polar surface area (TPSA) is 12.5 Å². The Balaban J connectivity index is 1.88. The minimum Gasteiger partial charge on any atom is -0.457 e. The third-order valence-corrected chi connectivity index (χ3v) is 2.97. The van der Waals surface area contributed by atoms with E-state index in [2.05, 4.69) is 31.1 Å². The molecule has 0 heterocycles. The van der Waals surface area contributed by atoms with Gasteiger partial charge in [-0.2, -0.15) is 0 Å². The Morgan fingerprint density at radius 1 is 0.842 bits per heavy atom. The highest BCUT2D eigenvalue weighted by molar-refractivity contribution is 5.32. The van der Waals surface area contributed by atoms with E-state index in [0.717, 1.165) is 24.5 Å². The fraction of sp³-hybridized carbons (Fsp3) is 0.294. The molecule has 0 N–H and O–H groups in total. The fourth-order valence-corrected chi connectivity index (χ4v) is 1.95. The van der Waals surface area contributed by atoms with Gasteiger partial charge in [-0.25, -0.2) is 0 Å². The standard InChI is InChI=1S/C17H21NO/c1-18(2)14-6-7-15-10-12-17(13-11-15)19-16-8-4-3-5-9-16/h3-5,8-13H,6-7,14H2,1-2H3. The van der Waals surface area contributed by atoms with Crippen molar-refractivity contribution in [2.45, 2.75) is 12.8 Å². The van der Waals surface area contributed by atoms with Crippen LogP contribution in [0.5, 0.6) is 11.5 Å². The Hall–Kier alpha value is -1.80. The van der Waals surface area contributed by atoms with E-state index in [1.54, 1.807) is 0 Å². The van der Waals surface area contributed by atoms with Crippen molar-refractivity contribution in [3.63, 3.8) is 0 Å². The normalized spacial score (nSPS) is 10.7. The van der Waals surface area contributed by atoms with Crippen LogP contribution in [0.2, 0.25) is 0 Å². The van der Waals surface area contributed by atoms with Crippen molar-refractivity contribution in [1.29, 1.82) is 0 Å². The second-order valence-corrected chi connectivity index (χ2v) is 4.97. The minimum absolute atomic E-state index is 0.878. The first-order valence-electron chi connectivity index (χ1n) is 6.70. The maximum Gasteiger partial charge on any atom is 0.127 e. The van der Waals surface area contributed by atoms with Crippen molar-refractivity contribution in [2.75, 3.05) is 20.6 Å². The Morgan fingerprint density at radius 2 is 1.47 bits per heavy atom. The van der Waals surface area contributed by atoms with Gasteiger partial charge >= 0.3 is 0 Å². The summed E-state index contributed by atoms with van der Waals surface area (Å²) in [4.78, 5) is 2.22. The molecular formula is C17H21NO. The van der Waals surface area contributed by atoms with E-state index >= 15 is 0 Å². The van der Waals surface area contributed by atoms with Crippen LogP contribution in [-0.4, -0.2) is 25.5 Å². The smallest absolute Gasteiger partial charge is 0.127 e. The molecule has 0 aromatic heterocycles. The highest BCUT2D eigenvalue weighted by atomic mass is 16.5. The molecule has 19 heavy (non-hydrogen) atoms. The predicted molar refractivity (Wildman–Crippen MR) is 79.8 cm³/mol. The monoisotopic (exact) mass is 255 g/mol. The molecule has 0 aliphatic carbocycles. The number of rotatable bonds is 6. The van der Waals surface area contributed by atoms with Gasteiger partial charge in [0.25, 0.3) is 0 Å². The van der Waals surface area contributed by atoms with Gasteiger partial charge in [-0.3, -0.25) is 0 Å². The first-order valence-corrected chi connectivity index (χ1v) is 6.70. The molecule has 0 saturated heterocycles. The lowest BCUT2D eigenvalue weighted by atomic mass is 10.1. The molecule has 0 fully saturated rings. The van der Waals surface area contributed by atoms with Crippen LogP contribution in [0, 0.1) is 0 Å². The van der Waals surface area contributed by atoms with Crippen molar-refractivity contribution >= 4 is 0 Å². The molecule has 0 bridgehead atoms. The van der Waals surface area contributed by atoms with E-state index < -0.39 is 0 Å². The third kappa shape index (κ3) is 4.76. The van der Waals surface area contributed by atoms with E-state index in [4.69, 9.17) is 4.74 Å². The van der Waals surface area contributed by atoms with Crippen LogP contribution in [0.4, 0.5) is 0 Å². The van der Waals surface area contributed by atoms with E-state index in [-0.39, 0.29) is 0 Å². The van der Waals surface area contributed by atoms with Gasteiger partial charge in [-0.15, -0.1) is 0 Å². The predicted octanol–water partition coefficient (Wildman–Crippen LogP) is 3.97. The quantitative estimate of drug-likeness (QED) is 0.774. The molecule has 2 aromatic rings. The average molecular weight is 255 g/mol. The molecule has 0 atom stereocenters. The molecule has 0 unspecified atom stereocenters. The maximum absolute atomic E-state index is 5.77. The van der Waals surface area contributed by atoms with Crippen molar-refractivity contribution in [2.24, 2.45) is 0 Å². The second kappa shape index (κ2) is 6.95. The van der Waals surface area contributed by atoms with Crippen LogP contribution in [0.1, 0.15) is 12.0 Å². The van der Waals surface area contributed by atoms with Crippen molar-refractivity contribution < 1.29 is 4.74 Å². The fourth-order valence-electron chi connectivity index (χ4n) is 1.95. The molecule has 2 rings (SSSR count). The van der Waals surface area contributed by atoms with E-state index in [9.17, 15) is 0 Å². The van der Waals surface area contributed by atoms with Gasteiger partial charge in [-0.05, 0) is 63.3 Å². The zero-order valence-corrected chi connectivity index (χ0v) is 11.7. The van der Waals surface area contributed by atoms with Crippen molar-refractivity contribution in [3.8, 4) is 11.5 Å². The molecule has 2 aromatic carbocycles. The number of benzene rings is 2.